The van der Waals surface area contributed by atoms with Crippen LogP contribution in [0.25, 0.3) is 0 Å². The predicted molar refractivity (Wildman–Crippen MR) is 73.7 cm³/mol. The normalized spacial score (nSPS) is 25.8. The monoisotopic (exact) mass is 249 g/mol. The molecule has 0 spiro atoms. The van der Waals surface area contributed by atoms with Gasteiger partial charge in [-0.3, -0.25) is 0 Å². The third-order valence-corrected chi connectivity index (χ3v) is 3.81. The summed E-state index contributed by atoms with van der Waals surface area (Å²) >= 11 is 0. The molecule has 0 amide bonds. The van der Waals surface area contributed by atoms with Crippen molar-refractivity contribution in [2.45, 2.75) is 26.0 Å². The lowest BCUT2D eigenvalue weighted by Gasteiger charge is -2.22. The minimum Gasteiger partial charge on any atom is -0.389 e. The fourth-order valence-corrected chi connectivity index (χ4v) is 2.68. The molecular weight excluding hydrogens is 226 g/mol. The van der Waals surface area contributed by atoms with Crippen molar-refractivity contribution in [2.75, 3.05) is 32.1 Å². The molecule has 4 nitrogen and oxygen atoms in total. The molecule has 1 N–H and O–H groups in total. The van der Waals surface area contributed by atoms with Gasteiger partial charge >= 0.3 is 0 Å². The summed E-state index contributed by atoms with van der Waals surface area (Å²) in [7, 11) is 4.26. The van der Waals surface area contributed by atoms with Gasteiger partial charge in [-0.1, -0.05) is 6.92 Å². The Morgan fingerprint density at radius 3 is 2.72 bits per heavy atom. The zero-order valence-corrected chi connectivity index (χ0v) is 11.7. The molecule has 1 saturated heterocycles. The van der Waals surface area contributed by atoms with Crippen LogP contribution in [0.15, 0.2) is 18.3 Å². The maximum Gasteiger partial charge on any atom is 0.128 e. The topological polar surface area (TPSA) is 39.6 Å². The van der Waals surface area contributed by atoms with Crippen molar-refractivity contribution in [3.05, 3.63) is 23.9 Å². The van der Waals surface area contributed by atoms with E-state index in [1.165, 1.54) is 0 Å². The Morgan fingerprint density at radius 1 is 1.44 bits per heavy atom. The largest absolute Gasteiger partial charge is 0.389 e. The van der Waals surface area contributed by atoms with Crippen molar-refractivity contribution in [1.82, 2.24) is 9.88 Å². The number of aliphatic hydroxyl groups excluding tert-OH is 1. The Labute approximate surface area is 109 Å². The number of rotatable bonds is 3. The van der Waals surface area contributed by atoms with E-state index in [4.69, 9.17) is 0 Å². The van der Waals surface area contributed by atoms with Crippen LogP contribution in [0.3, 0.4) is 0 Å². The van der Waals surface area contributed by atoms with Crippen molar-refractivity contribution >= 4 is 5.82 Å². The standard InChI is InChI=1S/C14H23N3O/c1-10-8-17(9-13(10)16(3)4)14-7-12(11(2)18)5-6-15-14/h5-7,10-11,13,18H,8-9H2,1-4H3. The van der Waals surface area contributed by atoms with E-state index >= 15 is 0 Å². The van der Waals surface area contributed by atoms with E-state index < -0.39 is 6.10 Å². The number of likely N-dealkylation sites (N-methyl/N-ethyl adjacent to an activating group) is 1. The molecule has 4 heteroatoms. The molecule has 100 valence electrons. The molecule has 3 unspecified atom stereocenters. The molecule has 3 atom stereocenters. The van der Waals surface area contributed by atoms with Gasteiger partial charge in [-0.25, -0.2) is 4.98 Å². The molecular formula is C14H23N3O. The SMILES string of the molecule is CC(O)c1ccnc(N2CC(C)C(N(C)C)C2)c1. The Balaban J connectivity index is 2.16. The second-order valence-electron chi connectivity index (χ2n) is 5.54. The van der Waals surface area contributed by atoms with Gasteiger partial charge in [-0.05, 0) is 44.6 Å². The first-order valence-corrected chi connectivity index (χ1v) is 6.54. The van der Waals surface area contributed by atoms with E-state index in [0.717, 1.165) is 24.5 Å². The molecule has 0 radical (unpaired) electrons. The van der Waals surface area contributed by atoms with Gasteiger partial charge in [0.05, 0.1) is 6.10 Å². The zero-order chi connectivity index (χ0) is 13.3. The van der Waals surface area contributed by atoms with Crippen molar-refractivity contribution in [2.24, 2.45) is 5.92 Å². The first-order valence-electron chi connectivity index (χ1n) is 6.54. The van der Waals surface area contributed by atoms with Crippen molar-refractivity contribution in [1.29, 1.82) is 0 Å². The van der Waals surface area contributed by atoms with Crippen LogP contribution in [0.2, 0.25) is 0 Å². The second-order valence-corrected chi connectivity index (χ2v) is 5.54. The molecule has 0 saturated carbocycles. The first-order chi connectivity index (χ1) is 8.49. The van der Waals surface area contributed by atoms with Crippen LogP contribution in [0.1, 0.15) is 25.5 Å². The van der Waals surface area contributed by atoms with Crippen molar-refractivity contribution in [3.63, 3.8) is 0 Å². The molecule has 1 aliphatic rings. The number of nitrogens with zero attached hydrogens (tertiary/aromatic N) is 3. The molecule has 0 aromatic carbocycles. The molecule has 2 heterocycles. The van der Waals surface area contributed by atoms with Crippen LogP contribution in [0, 0.1) is 5.92 Å². The number of aromatic nitrogens is 1. The number of anilines is 1. The maximum absolute atomic E-state index is 9.63. The lowest BCUT2D eigenvalue weighted by molar-refractivity contribution is 0.199. The molecule has 1 fully saturated rings. The summed E-state index contributed by atoms with van der Waals surface area (Å²) < 4.78 is 0. The highest BCUT2D eigenvalue weighted by Crippen LogP contribution is 2.26. The van der Waals surface area contributed by atoms with Gasteiger partial charge in [0, 0.05) is 25.3 Å². The van der Waals surface area contributed by atoms with Crippen molar-refractivity contribution in [3.8, 4) is 0 Å². The van der Waals surface area contributed by atoms with E-state index in [-0.39, 0.29) is 0 Å². The van der Waals surface area contributed by atoms with Crippen LogP contribution < -0.4 is 4.90 Å². The average Bonchev–Trinajstić information content (AvgIpc) is 2.71. The van der Waals surface area contributed by atoms with E-state index in [2.05, 4.69) is 35.8 Å². The smallest absolute Gasteiger partial charge is 0.128 e. The summed E-state index contributed by atoms with van der Waals surface area (Å²) in [4.78, 5) is 9.02. The van der Waals surface area contributed by atoms with Crippen LogP contribution >= 0.6 is 0 Å². The summed E-state index contributed by atoms with van der Waals surface area (Å²) in [5, 5.41) is 9.63. The third kappa shape index (κ3) is 2.65. The van der Waals surface area contributed by atoms with Gasteiger partial charge in [-0.15, -0.1) is 0 Å². The third-order valence-electron chi connectivity index (χ3n) is 3.81. The minimum absolute atomic E-state index is 0.434. The van der Waals surface area contributed by atoms with Gasteiger partial charge in [0.2, 0.25) is 0 Å². The number of pyridine rings is 1. The Hall–Kier alpha value is -1.13. The molecule has 0 bridgehead atoms. The highest BCUT2D eigenvalue weighted by atomic mass is 16.3. The average molecular weight is 249 g/mol. The van der Waals surface area contributed by atoms with Gasteiger partial charge in [0.25, 0.3) is 0 Å². The lowest BCUT2D eigenvalue weighted by Crippen LogP contribution is -2.34. The van der Waals surface area contributed by atoms with Gasteiger partial charge < -0.3 is 14.9 Å². The fraction of sp³-hybridized carbons (Fsp3) is 0.643. The lowest BCUT2D eigenvalue weighted by atomic mass is 10.1. The van der Waals surface area contributed by atoms with Crippen LogP contribution in [0.5, 0.6) is 0 Å². The quantitative estimate of drug-likeness (QED) is 0.881. The summed E-state index contributed by atoms with van der Waals surface area (Å²) in [6, 6.07) is 4.44. The van der Waals surface area contributed by atoms with Gasteiger partial charge in [-0.2, -0.15) is 0 Å². The first kappa shape index (κ1) is 13.3. The molecule has 0 aliphatic carbocycles. The molecule has 1 aliphatic heterocycles. The molecule has 1 aromatic heterocycles. The van der Waals surface area contributed by atoms with Crippen LogP contribution in [-0.2, 0) is 0 Å². The minimum atomic E-state index is -0.434. The van der Waals surface area contributed by atoms with Gasteiger partial charge in [0.1, 0.15) is 5.82 Å². The maximum atomic E-state index is 9.63. The Morgan fingerprint density at radius 2 is 2.17 bits per heavy atom. The summed E-state index contributed by atoms with van der Waals surface area (Å²) in [6.07, 6.45) is 1.35. The summed E-state index contributed by atoms with van der Waals surface area (Å²) in [5.74, 6) is 1.61. The number of aliphatic hydroxyl groups is 1. The zero-order valence-electron chi connectivity index (χ0n) is 11.7. The Kier molecular flexibility index (Phi) is 3.88. The van der Waals surface area contributed by atoms with E-state index in [1.807, 2.05) is 12.1 Å². The van der Waals surface area contributed by atoms with Crippen molar-refractivity contribution < 1.29 is 5.11 Å². The van der Waals surface area contributed by atoms with E-state index in [0.29, 0.717) is 12.0 Å². The number of hydrogen-bond acceptors (Lipinski definition) is 4. The highest BCUT2D eigenvalue weighted by Gasteiger charge is 2.31. The predicted octanol–water partition coefficient (Wildman–Crippen LogP) is 1.52. The fourth-order valence-electron chi connectivity index (χ4n) is 2.68. The molecule has 1 aromatic rings. The summed E-state index contributed by atoms with van der Waals surface area (Å²) in [5.41, 5.74) is 0.931. The van der Waals surface area contributed by atoms with Crippen LogP contribution in [0.4, 0.5) is 5.82 Å². The highest BCUT2D eigenvalue weighted by molar-refractivity contribution is 5.43. The second kappa shape index (κ2) is 5.24. The summed E-state index contributed by atoms with van der Waals surface area (Å²) in [6.45, 7) is 6.10. The molecule has 18 heavy (non-hydrogen) atoms. The van der Waals surface area contributed by atoms with Crippen LogP contribution in [-0.4, -0.2) is 48.2 Å². The van der Waals surface area contributed by atoms with E-state index in [9.17, 15) is 5.11 Å². The molecule has 2 rings (SSSR count). The van der Waals surface area contributed by atoms with E-state index in [1.54, 1.807) is 13.1 Å². The van der Waals surface area contributed by atoms with Gasteiger partial charge in [0.15, 0.2) is 0 Å². The number of hydrogen-bond donors (Lipinski definition) is 1. The Bertz CT molecular complexity index is 406.